The molecule has 12 nitrogen and oxygen atoms in total. The normalized spacial score (nSPS) is 22.3. The first-order valence-corrected chi connectivity index (χ1v) is 12.4. The number of urea groups is 1. The third-order valence-electron chi connectivity index (χ3n) is 6.59. The smallest absolute Gasteiger partial charge is 0.408 e. The Labute approximate surface area is 221 Å². The average molecular weight is 552 g/mol. The highest BCUT2D eigenvalue weighted by Gasteiger charge is 2.41. The Hall–Kier alpha value is -3.72. The molecule has 3 atom stereocenters. The fourth-order valence-corrected chi connectivity index (χ4v) is 4.60. The summed E-state index contributed by atoms with van der Waals surface area (Å²) in [6.07, 6.45) is -1.37. The Morgan fingerprint density at radius 3 is 2.67 bits per heavy atom. The van der Waals surface area contributed by atoms with Crippen molar-refractivity contribution in [3.8, 4) is 5.75 Å². The second-order valence-corrected chi connectivity index (χ2v) is 9.97. The van der Waals surface area contributed by atoms with Gasteiger partial charge in [0.2, 0.25) is 5.95 Å². The number of rotatable bonds is 6. The highest BCUT2D eigenvalue weighted by Crippen LogP contribution is 2.39. The molecule has 15 heteroatoms. The maximum absolute atomic E-state index is 13.3. The maximum Gasteiger partial charge on any atom is 0.408 e. The molecule has 5 rings (SSSR count). The van der Waals surface area contributed by atoms with Gasteiger partial charge in [0.05, 0.1) is 30.7 Å². The van der Waals surface area contributed by atoms with Gasteiger partial charge >= 0.3 is 12.2 Å². The molecule has 3 aliphatic heterocycles. The maximum atomic E-state index is 13.3. The molecule has 0 aromatic carbocycles. The first-order valence-electron chi connectivity index (χ1n) is 12.4. The number of hydrogen-bond acceptors (Lipinski definition) is 9. The molecule has 0 aliphatic carbocycles. The van der Waals surface area contributed by atoms with Gasteiger partial charge in [-0.2, -0.15) is 13.2 Å². The number of anilines is 3. The summed E-state index contributed by atoms with van der Waals surface area (Å²) in [7, 11) is 0. The van der Waals surface area contributed by atoms with E-state index < -0.39 is 29.9 Å². The summed E-state index contributed by atoms with van der Waals surface area (Å²) < 4.78 is 55.6. The molecule has 2 bridgehead atoms. The van der Waals surface area contributed by atoms with Gasteiger partial charge < -0.3 is 24.4 Å². The van der Waals surface area contributed by atoms with Crippen LogP contribution < -0.4 is 25.2 Å². The molecule has 1 unspecified atom stereocenters. The highest BCUT2D eigenvalue weighted by molar-refractivity contribution is 6.04. The number of fused-ring (bicyclic) bond motifs is 4. The predicted octanol–water partition coefficient (Wildman–Crippen LogP) is 2.71. The van der Waals surface area contributed by atoms with E-state index in [1.54, 1.807) is 6.07 Å². The zero-order valence-electron chi connectivity index (χ0n) is 21.5. The van der Waals surface area contributed by atoms with Gasteiger partial charge in [-0.1, -0.05) is 0 Å². The number of nitrogens with zero attached hydrogens (tertiary/aromatic N) is 5. The highest BCUT2D eigenvalue weighted by atomic mass is 19.4. The van der Waals surface area contributed by atoms with Crippen molar-refractivity contribution in [2.24, 2.45) is 0 Å². The molecular formula is C24H28F3N7O5. The van der Waals surface area contributed by atoms with Crippen LogP contribution in [0.2, 0.25) is 0 Å². The number of aromatic nitrogens is 3. The third kappa shape index (κ3) is 5.83. The van der Waals surface area contributed by atoms with E-state index in [-0.39, 0.29) is 36.2 Å². The zero-order chi connectivity index (χ0) is 27.9. The lowest BCUT2D eigenvalue weighted by molar-refractivity contribution is -0.149. The fraction of sp³-hybridized carbons (Fsp3) is 0.542. The lowest BCUT2D eigenvalue weighted by Gasteiger charge is -2.35. The van der Waals surface area contributed by atoms with Crippen molar-refractivity contribution < 1.29 is 37.0 Å². The van der Waals surface area contributed by atoms with Crippen molar-refractivity contribution in [1.82, 2.24) is 20.3 Å². The Bertz CT molecular complexity index is 1240. The van der Waals surface area contributed by atoms with E-state index in [0.717, 1.165) is 6.92 Å². The van der Waals surface area contributed by atoms with Gasteiger partial charge in [-0.15, -0.1) is 0 Å². The van der Waals surface area contributed by atoms with Crippen LogP contribution in [0.15, 0.2) is 24.5 Å². The molecule has 2 aromatic rings. The van der Waals surface area contributed by atoms with Gasteiger partial charge in [0.25, 0.3) is 5.91 Å². The van der Waals surface area contributed by atoms with E-state index >= 15 is 0 Å². The van der Waals surface area contributed by atoms with Crippen LogP contribution in [0.25, 0.3) is 0 Å². The Morgan fingerprint density at radius 1 is 1.26 bits per heavy atom. The minimum absolute atomic E-state index is 0.0174. The largest absolute Gasteiger partial charge is 0.488 e. The fourth-order valence-electron chi connectivity index (χ4n) is 4.60. The molecule has 0 saturated carbocycles. The molecule has 3 amide bonds. The Kier molecular flexibility index (Phi) is 6.97. The molecule has 2 fully saturated rings. The molecule has 2 aromatic heterocycles. The first-order chi connectivity index (χ1) is 18.4. The van der Waals surface area contributed by atoms with Gasteiger partial charge in [0.1, 0.15) is 24.4 Å². The number of amides is 3. The van der Waals surface area contributed by atoms with Crippen molar-refractivity contribution in [3.05, 3.63) is 30.2 Å². The average Bonchev–Trinajstić information content (AvgIpc) is 3.45. The molecule has 0 radical (unpaired) electrons. The summed E-state index contributed by atoms with van der Waals surface area (Å²) in [6.45, 7) is 6.33. The lowest BCUT2D eigenvalue weighted by Crippen LogP contribution is -2.49. The van der Waals surface area contributed by atoms with E-state index in [9.17, 15) is 22.8 Å². The van der Waals surface area contributed by atoms with E-state index in [1.807, 2.05) is 24.1 Å². The molecular weight excluding hydrogens is 523 g/mol. The predicted molar refractivity (Wildman–Crippen MR) is 132 cm³/mol. The van der Waals surface area contributed by atoms with Crippen LogP contribution in [0.5, 0.6) is 5.75 Å². The zero-order valence-corrected chi connectivity index (χ0v) is 21.5. The summed E-state index contributed by atoms with van der Waals surface area (Å²) >= 11 is 0. The molecule has 39 heavy (non-hydrogen) atoms. The van der Waals surface area contributed by atoms with Crippen LogP contribution in [0, 0.1) is 0 Å². The van der Waals surface area contributed by atoms with Crippen LogP contribution in [0.4, 0.5) is 35.4 Å². The minimum Gasteiger partial charge on any atom is -0.488 e. The molecule has 0 spiro atoms. The number of nitrogens with one attached hydrogen (secondary N) is 2. The summed E-state index contributed by atoms with van der Waals surface area (Å²) in [6, 6.07) is 0.0384. The van der Waals surface area contributed by atoms with Crippen molar-refractivity contribution in [2.75, 3.05) is 41.4 Å². The summed E-state index contributed by atoms with van der Waals surface area (Å²) in [5, 5.41) is 4.52. The van der Waals surface area contributed by atoms with Crippen molar-refractivity contribution in [3.63, 3.8) is 0 Å². The molecule has 210 valence electrons. The number of hydrogen-bond donors (Lipinski definition) is 2. The number of pyridine rings is 1. The van der Waals surface area contributed by atoms with Crippen LogP contribution >= 0.6 is 0 Å². The van der Waals surface area contributed by atoms with Gasteiger partial charge in [0.15, 0.2) is 17.4 Å². The van der Waals surface area contributed by atoms with E-state index in [0.29, 0.717) is 37.6 Å². The third-order valence-corrected chi connectivity index (χ3v) is 6.59. The monoisotopic (exact) mass is 551 g/mol. The molecule has 2 N–H and O–H groups in total. The number of carbonyl (C=O) groups excluding carboxylic acids is 2. The van der Waals surface area contributed by atoms with Crippen LogP contribution in [0.3, 0.4) is 0 Å². The van der Waals surface area contributed by atoms with Crippen molar-refractivity contribution in [1.29, 1.82) is 0 Å². The van der Waals surface area contributed by atoms with Crippen LogP contribution in [0.1, 0.15) is 37.7 Å². The van der Waals surface area contributed by atoms with Gasteiger partial charge in [-0.3, -0.25) is 15.0 Å². The topological polar surface area (TPSA) is 131 Å². The van der Waals surface area contributed by atoms with Crippen molar-refractivity contribution >= 4 is 29.4 Å². The minimum atomic E-state index is -4.60. The number of carbonyl (C=O) groups is 2. The first kappa shape index (κ1) is 26.9. The van der Waals surface area contributed by atoms with Gasteiger partial charge in [0, 0.05) is 13.1 Å². The van der Waals surface area contributed by atoms with E-state index in [1.165, 1.54) is 23.4 Å². The second-order valence-electron chi connectivity index (χ2n) is 9.97. The van der Waals surface area contributed by atoms with Crippen LogP contribution in [-0.2, 0) is 9.47 Å². The Morgan fingerprint density at radius 2 is 2.00 bits per heavy atom. The van der Waals surface area contributed by atoms with E-state index in [4.69, 9.17) is 14.2 Å². The number of ether oxygens (including phenoxy) is 3. The number of halogens is 3. The SMILES string of the molecule is CC(NC(=O)c1ccc2c(n1)N(C(=O)Nc1ncc(OC[C@H]3COC(C)(C)O3)cn1)[C@H]1CCN2C1)C(F)(F)F. The lowest BCUT2D eigenvalue weighted by atomic mass is 10.1. The molecule has 3 aliphatic rings. The van der Waals surface area contributed by atoms with Crippen LogP contribution in [-0.4, -0.2) is 83.3 Å². The van der Waals surface area contributed by atoms with Gasteiger partial charge in [-0.05, 0) is 39.3 Å². The van der Waals surface area contributed by atoms with E-state index in [2.05, 4.69) is 20.3 Å². The molecule has 2 saturated heterocycles. The number of alkyl halides is 3. The standard InChI is InChI=1S/C24H28F3N7O5/c1-13(24(25,26)27)30-20(35)17-4-5-18-19(31-17)34(14-6-7-33(18)10-14)22(36)32-21-28-8-15(9-29-21)37-11-16-12-38-23(2,3)39-16/h4-5,8-9,13-14,16H,6-7,10-12H2,1-3H3,(H,30,35)(H,28,29,32,36)/t13?,14-,16-/m0/s1. The summed E-state index contributed by atoms with van der Waals surface area (Å²) in [5.41, 5.74) is 0.369. The van der Waals surface area contributed by atoms with Gasteiger partial charge in [-0.25, -0.2) is 19.7 Å². The summed E-state index contributed by atoms with van der Waals surface area (Å²) in [5.74, 6) is -1.09. The Balaban J connectivity index is 1.27. The second kappa shape index (κ2) is 10.1. The molecule has 5 heterocycles. The van der Waals surface area contributed by atoms with Crippen molar-refractivity contribution in [2.45, 2.75) is 57.3 Å². The summed E-state index contributed by atoms with van der Waals surface area (Å²) in [4.78, 5) is 41.8. The quantitative estimate of drug-likeness (QED) is 0.556.